The van der Waals surface area contributed by atoms with Crippen molar-refractivity contribution in [2.45, 2.75) is 52.7 Å². The maximum atomic E-state index is 11.8. The molecule has 0 bridgehead atoms. The first-order chi connectivity index (χ1) is 9.26. The maximum Gasteiger partial charge on any atom is 0.315 e. The van der Waals surface area contributed by atoms with E-state index in [0.29, 0.717) is 11.7 Å². The number of rotatable bonds is 6. The highest BCUT2D eigenvalue weighted by Gasteiger charge is 2.27. The van der Waals surface area contributed by atoms with Gasteiger partial charge in [0.25, 0.3) is 0 Å². The van der Waals surface area contributed by atoms with Gasteiger partial charge in [-0.15, -0.1) is 0 Å². The summed E-state index contributed by atoms with van der Waals surface area (Å²) >= 11 is 0. The highest BCUT2D eigenvalue weighted by Crippen LogP contribution is 2.21. The number of carbonyl (C=O) groups excluding carboxylic acids is 1. The standard InChI is InChI=1S/C15H26N2O3/c1-6-10(2)12(4)17-14(18)16-9-15(5,19)13-8-7-11(3)20-13/h7-8,10,12,19H,6,9H2,1-5H3,(H2,16,17,18). The summed E-state index contributed by atoms with van der Waals surface area (Å²) in [5.74, 6) is 1.59. The molecule has 1 heterocycles. The molecule has 3 N–H and O–H groups in total. The second-order valence-electron chi connectivity index (χ2n) is 5.69. The number of aryl methyl sites for hydroxylation is 1. The van der Waals surface area contributed by atoms with E-state index in [2.05, 4.69) is 24.5 Å². The Morgan fingerprint density at radius 1 is 1.45 bits per heavy atom. The predicted molar refractivity (Wildman–Crippen MR) is 78.5 cm³/mol. The number of carbonyl (C=O) groups is 1. The van der Waals surface area contributed by atoms with Gasteiger partial charge in [0.05, 0.1) is 6.54 Å². The SMILES string of the molecule is CCC(C)C(C)NC(=O)NCC(C)(O)c1ccc(C)o1. The maximum absolute atomic E-state index is 11.8. The summed E-state index contributed by atoms with van der Waals surface area (Å²) in [6, 6.07) is 3.32. The molecule has 1 aromatic rings. The number of hydrogen-bond acceptors (Lipinski definition) is 3. The van der Waals surface area contributed by atoms with Crippen LogP contribution in [-0.4, -0.2) is 23.7 Å². The third-order valence-corrected chi connectivity index (χ3v) is 3.72. The van der Waals surface area contributed by atoms with Crippen molar-refractivity contribution in [1.29, 1.82) is 0 Å². The van der Waals surface area contributed by atoms with Crippen LogP contribution in [-0.2, 0) is 5.60 Å². The monoisotopic (exact) mass is 282 g/mol. The fourth-order valence-corrected chi connectivity index (χ4v) is 1.82. The molecule has 0 aliphatic heterocycles. The Kier molecular flexibility index (Phi) is 5.62. The van der Waals surface area contributed by atoms with Crippen molar-refractivity contribution in [2.75, 3.05) is 6.54 Å². The zero-order valence-electron chi connectivity index (χ0n) is 13.0. The molecule has 0 radical (unpaired) electrons. The normalized spacial score (nSPS) is 17.1. The van der Waals surface area contributed by atoms with Crippen LogP contribution < -0.4 is 10.6 Å². The lowest BCUT2D eigenvalue weighted by Gasteiger charge is -2.24. The molecule has 0 aliphatic carbocycles. The third kappa shape index (κ3) is 4.56. The summed E-state index contributed by atoms with van der Waals surface area (Å²) in [5.41, 5.74) is -1.22. The average Bonchev–Trinajstić information content (AvgIpc) is 2.83. The van der Waals surface area contributed by atoms with Gasteiger partial charge in [-0.05, 0) is 38.8 Å². The van der Waals surface area contributed by atoms with E-state index in [1.54, 1.807) is 19.1 Å². The van der Waals surface area contributed by atoms with Crippen molar-refractivity contribution in [3.8, 4) is 0 Å². The van der Waals surface area contributed by atoms with E-state index in [4.69, 9.17) is 4.42 Å². The summed E-state index contributed by atoms with van der Waals surface area (Å²) < 4.78 is 5.40. The molecule has 0 aliphatic rings. The van der Waals surface area contributed by atoms with Gasteiger partial charge in [-0.1, -0.05) is 20.3 Å². The fraction of sp³-hybridized carbons (Fsp3) is 0.667. The van der Waals surface area contributed by atoms with Gasteiger partial charge >= 0.3 is 6.03 Å². The molecule has 0 aromatic carbocycles. The quantitative estimate of drug-likeness (QED) is 0.750. The van der Waals surface area contributed by atoms with Gasteiger partial charge in [0.1, 0.15) is 17.1 Å². The number of furan rings is 1. The van der Waals surface area contributed by atoms with E-state index in [0.717, 1.165) is 12.2 Å². The Labute approximate surface area is 120 Å². The molecule has 0 spiro atoms. The van der Waals surface area contributed by atoms with Crippen molar-refractivity contribution >= 4 is 6.03 Å². The van der Waals surface area contributed by atoms with Crippen LogP contribution in [0.4, 0.5) is 4.79 Å². The second-order valence-corrected chi connectivity index (χ2v) is 5.69. The summed E-state index contributed by atoms with van der Waals surface area (Å²) in [6.45, 7) is 9.68. The van der Waals surface area contributed by atoms with Crippen LogP contribution >= 0.6 is 0 Å². The number of urea groups is 1. The van der Waals surface area contributed by atoms with Gasteiger partial charge in [-0.25, -0.2) is 4.79 Å². The molecule has 3 unspecified atom stereocenters. The first-order valence-corrected chi connectivity index (χ1v) is 7.10. The zero-order chi connectivity index (χ0) is 15.3. The molecule has 5 heteroatoms. The average molecular weight is 282 g/mol. The van der Waals surface area contributed by atoms with Crippen molar-refractivity contribution in [1.82, 2.24) is 10.6 Å². The van der Waals surface area contributed by atoms with E-state index >= 15 is 0 Å². The van der Waals surface area contributed by atoms with E-state index in [1.165, 1.54) is 0 Å². The molecular weight excluding hydrogens is 256 g/mol. The number of nitrogens with one attached hydrogen (secondary N) is 2. The topological polar surface area (TPSA) is 74.5 Å². The first kappa shape index (κ1) is 16.6. The Bertz CT molecular complexity index is 440. The zero-order valence-corrected chi connectivity index (χ0v) is 13.0. The Morgan fingerprint density at radius 3 is 2.60 bits per heavy atom. The molecule has 1 aromatic heterocycles. The van der Waals surface area contributed by atoms with Crippen LogP contribution in [0.1, 0.15) is 45.6 Å². The van der Waals surface area contributed by atoms with E-state index in [9.17, 15) is 9.90 Å². The third-order valence-electron chi connectivity index (χ3n) is 3.72. The van der Waals surface area contributed by atoms with Crippen molar-refractivity contribution in [2.24, 2.45) is 5.92 Å². The van der Waals surface area contributed by atoms with Gasteiger partial charge < -0.3 is 20.2 Å². The molecule has 114 valence electrons. The highest BCUT2D eigenvalue weighted by atomic mass is 16.4. The molecule has 2 amide bonds. The fourth-order valence-electron chi connectivity index (χ4n) is 1.82. The summed E-state index contributed by atoms with van der Waals surface area (Å²) in [6.07, 6.45) is 1.00. The van der Waals surface area contributed by atoms with Crippen LogP contribution in [0.15, 0.2) is 16.5 Å². The molecule has 20 heavy (non-hydrogen) atoms. The van der Waals surface area contributed by atoms with Crippen LogP contribution in [0.2, 0.25) is 0 Å². The van der Waals surface area contributed by atoms with Gasteiger partial charge in [0.15, 0.2) is 0 Å². The minimum Gasteiger partial charge on any atom is -0.463 e. The lowest BCUT2D eigenvalue weighted by molar-refractivity contribution is 0.0358. The molecule has 3 atom stereocenters. The van der Waals surface area contributed by atoms with E-state index in [-0.39, 0.29) is 18.6 Å². The minimum atomic E-state index is -1.22. The van der Waals surface area contributed by atoms with Crippen LogP contribution in [0.3, 0.4) is 0 Å². The van der Waals surface area contributed by atoms with Gasteiger partial charge in [0.2, 0.25) is 0 Å². The number of hydrogen-bond donors (Lipinski definition) is 3. The molecule has 0 saturated heterocycles. The largest absolute Gasteiger partial charge is 0.463 e. The number of aliphatic hydroxyl groups is 1. The van der Waals surface area contributed by atoms with Crippen molar-refractivity contribution < 1.29 is 14.3 Å². The van der Waals surface area contributed by atoms with E-state index < -0.39 is 5.60 Å². The Hall–Kier alpha value is -1.49. The first-order valence-electron chi connectivity index (χ1n) is 7.10. The Balaban J connectivity index is 2.48. The molecule has 5 nitrogen and oxygen atoms in total. The van der Waals surface area contributed by atoms with Crippen LogP contribution in [0, 0.1) is 12.8 Å². The smallest absolute Gasteiger partial charge is 0.315 e. The van der Waals surface area contributed by atoms with Gasteiger partial charge in [-0.2, -0.15) is 0 Å². The van der Waals surface area contributed by atoms with Crippen LogP contribution in [0.5, 0.6) is 0 Å². The number of amides is 2. The Morgan fingerprint density at radius 2 is 2.10 bits per heavy atom. The summed E-state index contributed by atoms with van der Waals surface area (Å²) in [4.78, 5) is 11.8. The summed E-state index contributed by atoms with van der Waals surface area (Å²) in [7, 11) is 0. The molecule has 1 rings (SSSR count). The molecular formula is C15H26N2O3. The summed E-state index contributed by atoms with van der Waals surface area (Å²) in [5, 5.41) is 15.8. The van der Waals surface area contributed by atoms with Gasteiger partial charge in [-0.3, -0.25) is 0 Å². The second kappa shape index (κ2) is 6.79. The molecule has 0 fully saturated rings. The highest BCUT2D eigenvalue weighted by molar-refractivity contribution is 5.74. The minimum absolute atomic E-state index is 0.0933. The van der Waals surface area contributed by atoms with E-state index in [1.807, 2.05) is 13.8 Å². The van der Waals surface area contributed by atoms with Crippen LogP contribution in [0.25, 0.3) is 0 Å². The molecule has 0 saturated carbocycles. The van der Waals surface area contributed by atoms with Crippen molar-refractivity contribution in [3.05, 3.63) is 23.7 Å². The lowest BCUT2D eigenvalue weighted by atomic mass is 10.0. The predicted octanol–water partition coefficient (Wildman–Crippen LogP) is 2.53. The van der Waals surface area contributed by atoms with Gasteiger partial charge in [0, 0.05) is 6.04 Å². The van der Waals surface area contributed by atoms with Crippen molar-refractivity contribution in [3.63, 3.8) is 0 Å². The lowest BCUT2D eigenvalue weighted by Crippen LogP contribution is -2.47.